The second kappa shape index (κ2) is 11.4. The van der Waals surface area contributed by atoms with Gasteiger partial charge in [0.05, 0.1) is 17.0 Å². The van der Waals surface area contributed by atoms with Crippen LogP contribution < -0.4 is 15.4 Å². The maximum Gasteiger partial charge on any atom is 0.241 e. The van der Waals surface area contributed by atoms with Crippen LogP contribution in [0.3, 0.4) is 0 Å². The Morgan fingerprint density at radius 1 is 1.00 bits per heavy atom. The zero-order valence-electron chi connectivity index (χ0n) is 23.2. The molecule has 41 heavy (non-hydrogen) atoms. The summed E-state index contributed by atoms with van der Waals surface area (Å²) in [5.41, 5.74) is 4.72. The number of benzene rings is 3. The fraction of sp³-hybridized carbons (Fsp3) is 0.250. The van der Waals surface area contributed by atoms with Crippen LogP contribution in [0, 0.1) is 5.82 Å². The van der Waals surface area contributed by atoms with Crippen molar-refractivity contribution in [1.29, 1.82) is 0 Å². The molecule has 0 saturated carbocycles. The molecule has 0 radical (unpaired) electrons. The summed E-state index contributed by atoms with van der Waals surface area (Å²) < 4.78 is 42.7. The van der Waals surface area contributed by atoms with Gasteiger partial charge in [-0.15, -0.1) is 0 Å². The van der Waals surface area contributed by atoms with Gasteiger partial charge < -0.3 is 10.6 Å². The monoisotopic (exact) mass is 572 g/mol. The molecule has 1 amide bonds. The van der Waals surface area contributed by atoms with Crippen LogP contribution in [0.15, 0.2) is 90.0 Å². The van der Waals surface area contributed by atoms with E-state index >= 15 is 0 Å². The van der Waals surface area contributed by atoms with Gasteiger partial charge in [-0.25, -0.2) is 22.5 Å². The van der Waals surface area contributed by atoms with Gasteiger partial charge in [0.2, 0.25) is 15.9 Å². The van der Waals surface area contributed by atoms with Gasteiger partial charge in [0.1, 0.15) is 5.82 Å². The fourth-order valence-electron chi connectivity index (χ4n) is 5.26. The number of pyridine rings is 1. The number of aromatic nitrogens is 1. The van der Waals surface area contributed by atoms with Crippen LogP contribution in [0.1, 0.15) is 55.5 Å². The van der Waals surface area contributed by atoms with Gasteiger partial charge in [-0.2, -0.15) is 0 Å². The molecular weight excluding hydrogens is 539 g/mol. The number of sulfonamides is 1. The summed E-state index contributed by atoms with van der Waals surface area (Å²) in [5, 5.41) is 6.16. The van der Waals surface area contributed by atoms with Crippen LogP contribution in [-0.4, -0.2) is 19.3 Å². The molecule has 1 aromatic heterocycles. The standard InChI is InChI=1S/C32H33FN4O3S/c1-4-21-9-14-25(15-10-21)41(39,40)37-29-20-32(2,3)27-16-13-24(19-26(27)29)35-31-28(6-5-17-34-31)36-30(38)18-22-7-11-23(33)12-8-22/h5-17,19,29,37H,4,18,20H2,1-3H3,(H,34,35)(H,36,38). The van der Waals surface area contributed by atoms with Gasteiger partial charge in [-0.1, -0.05) is 51.1 Å². The van der Waals surface area contributed by atoms with Crippen LogP contribution in [0.25, 0.3) is 0 Å². The van der Waals surface area contributed by atoms with Gasteiger partial charge in [-0.05, 0) is 89.0 Å². The Morgan fingerprint density at radius 2 is 1.71 bits per heavy atom. The molecule has 3 N–H and O–H groups in total. The van der Waals surface area contributed by atoms with Gasteiger partial charge in [-0.3, -0.25) is 4.79 Å². The van der Waals surface area contributed by atoms with E-state index in [-0.39, 0.29) is 28.5 Å². The van der Waals surface area contributed by atoms with E-state index in [2.05, 4.69) is 34.2 Å². The van der Waals surface area contributed by atoms with Crippen molar-refractivity contribution >= 4 is 33.1 Å². The number of nitrogens with zero attached hydrogens (tertiary/aromatic N) is 1. The molecule has 1 atom stereocenters. The van der Waals surface area contributed by atoms with Crippen LogP contribution in [0.4, 0.5) is 21.6 Å². The molecule has 9 heteroatoms. The van der Waals surface area contributed by atoms with E-state index in [1.165, 1.54) is 12.1 Å². The molecule has 3 aromatic carbocycles. The van der Waals surface area contributed by atoms with Crippen molar-refractivity contribution in [3.05, 3.63) is 113 Å². The summed E-state index contributed by atoms with van der Waals surface area (Å²) in [5.74, 6) is -0.165. The Hall–Kier alpha value is -4.08. The molecule has 0 spiro atoms. The molecule has 7 nitrogen and oxygen atoms in total. The fourth-order valence-corrected chi connectivity index (χ4v) is 6.48. The first kappa shape index (κ1) is 28.4. The smallest absolute Gasteiger partial charge is 0.241 e. The SMILES string of the molecule is CCc1ccc(S(=O)(=O)NC2CC(C)(C)c3ccc(Nc4ncccc4NC(=O)Cc4ccc(F)cc4)cc32)cc1. The van der Waals surface area contributed by atoms with Crippen molar-refractivity contribution in [2.24, 2.45) is 0 Å². The van der Waals surface area contributed by atoms with Crippen molar-refractivity contribution < 1.29 is 17.6 Å². The van der Waals surface area contributed by atoms with Crippen LogP contribution in [-0.2, 0) is 33.1 Å². The number of hydrogen-bond donors (Lipinski definition) is 3. The molecule has 0 bridgehead atoms. The van der Waals surface area contributed by atoms with Crippen LogP contribution in [0.5, 0.6) is 0 Å². The first-order valence-electron chi connectivity index (χ1n) is 13.6. The third kappa shape index (κ3) is 6.47. The molecule has 212 valence electrons. The van der Waals surface area contributed by atoms with Crippen molar-refractivity contribution in [3.8, 4) is 0 Å². The minimum Gasteiger partial charge on any atom is -0.338 e. The van der Waals surface area contributed by atoms with E-state index in [0.29, 0.717) is 29.2 Å². The van der Waals surface area contributed by atoms with Crippen molar-refractivity contribution in [2.75, 3.05) is 10.6 Å². The van der Waals surface area contributed by atoms with E-state index in [9.17, 15) is 17.6 Å². The lowest BCUT2D eigenvalue weighted by molar-refractivity contribution is -0.115. The van der Waals surface area contributed by atoms with E-state index in [4.69, 9.17) is 0 Å². The second-order valence-electron chi connectivity index (χ2n) is 10.9. The molecule has 1 heterocycles. The summed E-state index contributed by atoms with van der Waals surface area (Å²) in [7, 11) is -3.73. The lowest BCUT2D eigenvalue weighted by Crippen LogP contribution is -2.28. The zero-order chi connectivity index (χ0) is 29.2. The molecule has 0 aliphatic heterocycles. The number of halogens is 1. The Balaban J connectivity index is 1.36. The highest BCUT2D eigenvalue weighted by Gasteiger charge is 2.39. The average Bonchev–Trinajstić information content (AvgIpc) is 3.19. The first-order valence-corrected chi connectivity index (χ1v) is 15.0. The van der Waals surface area contributed by atoms with Gasteiger partial charge in [0, 0.05) is 17.9 Å². The lowest BCUT2D eigenvalue weighted by atomic mass is 9.86. The quantitative estimate of drug-likeness (QED) is 0.215. The van der Waals surface area contributed by atoms with Crippen molar-refractivity contribution in [2.45, 2.75) is 56.4 Å². The van der Waals surface area contributed by atoms with E-state index in [0.717, 1.165) is 23.1 Å². The highest BCUT2D eigenvalue weighted by Crippen LogP contribution is 2.46. The van der Waals surface area contributed by atoms with Crippen LogP contribution in [0.2, 0.25) is 0 Å². The van der Waals surface area contributed by atoms with E-state index in [1.807, 2.05) is 37.3 Å². The maximum atomic E-state index is 13.3. The van der Waals surface area contributed by atoms with E-state index < -0.39 is 16.1 Å². The van der Waals surface area contributed by atoms with Crippen molar-refractivity contribution in [3.63, 3.8) is 0 Å². The Bertz CT molecular complexity index is 1670. The third-order valence-corrected chi connectivity index (χ3v) is 8.92. The summed E-state index contributed by atoms with van der Waals surface area (Å²) in [6.45, 7) is 6.24. The molecule has 0 saturated heterocycles. The van der Waals surface area contributed by atoms with Gasteiger partial charge in [0.15, 0.2) is 5.82 Å². The summed E-state index contributed by atoms with van der Waals surface area (Å²) in [6, 6.07) is 21.7. The molecule has 1 aliphatic rings. The average molecular weight is 573 g/mol. The number of anilines is 3. The first-order chi connectivity index (χ1) is 19.5. The number of carbonyl (C=O) groups is 1. The normalized spacial score (nSPS) is 15.8. The molecular formula is C32H33FN4O3S. The number of fused-ring (bicyclic) bond motifs is 1. The highest BCUT2D eigenvalue weighted by molar-refractivity contribution is 7.89. The number of carbonyl (C=O) groups excluding carboxylic acids is 1. The Labute approximate surface area is 240 Å². The molecule has 4 aromatic rings. The Kier molecular flexibility index (Phi) is 7.93. The van der Waals surface area contributed by atoms with Gasteiger partial charge in [0.25, 0.3) is 0 Å². The van der Waals surface area contributed by atoms with Gasteiger partial charge >= 0.3 is 0 Å². The molecule has 0 fully saturated rings. The summed E-state index contributed by atoms with van der Waals surface area (Å²) >= 11 is 0. The molecule has 1 unspecified atom stereocenters. The number of amides is 1. The minimum atomic E-state index is -3.73. The number of hydrogen-bond acceptors (Lipinski definition) is 5. The zero-order valence-corrected chi connectivity index (χ0v) is 24.1. The highest BCUT2D eigenvalue weighted by atomic mass is 32.2. The number of nitrogens with one attached hydrogen (secondary N) is 3. The maximum absolute atomic E-state index is 13.3. The Morgan fingerprint density at radius 3 is 2.41 bits per heavy atom. The minimum absolute atomic E-state index is 0.0888. The second-order valence-corrected chi connectivity index (χ2v) is 12.7. The predicted molar refractivity (Wildman–Crippen MR) is 159 cm³/mol. The van der Waals surface area contributed by atoms with E-state index in [1.54, 1.807) is 42.6 Å². The topological polar surface area (TPSA) is 100 Å². The number of aryl methyl sites for hydroxylation is 1. The lowest BCUT2D eigenvalue weighted by Gasteiger charge is -2.19. The largest absolute Gasteiger partial charge is 0.338 e. The number of rotatable bonds is 9. The summed E-state index contributed by atoms with van der Waals surface area (Å²) in [6.07, 6.45) is 3.16. The van der Waals surface area contributed by atoms with Crippen LogP contribution >= 0.6 is 0 Å². The molecule has 5 rings (SSSR count). The predicted octanol–water partition coefficient (Wildman–Crippen LogP) is 6.41. The van der Waals surface area contributed by atoms with Crippen molar-refractivity contribution in [1.82, 2.24) is 9.71 Å². The summed E-state index contributed by atoms with van der Waals surface area (Å²) in [4.78, 5) is 17.4. The third-order valence-electron chi connectivity index (χ3n) is 7.43. The molecule has 1 aliphatic carbocycles.